The van der Waals surface area contributed by atoms with Crippen LogP contribution >= 0.6 is 23.4 Å². The third-order valence-corrected chi connectivity index (χ3v) is 3.03. The largest absolute Gasteiger partial charge is 0.330 e. The van der Waals surface area contributed by atoms with Gasteiger partial charge in [-0.05, 0) is 49.4 Å². The molecule has 3 heteroatoms. The van der Waals surface area contributed by atoms with Gasteiger partial charge in [-0.1, -0.05) is 11.6 Å². The zero-order chi connectivity index (χ0) is 9.52. The van der Waals surface area contributed by atoms with Crippen molar-refractivity contribution in [1.82, 2.24) is 0 Å². The molecule has 0 aliphatic carbocycles. The van der Waals surface area contributed by atoms with E-state index in [-0.39, 0.29) is 0 Å². The Morgan fingerprint density at radius 1 is 1.15 bits per heavy atom. The second-order valence-corrected chi connectivity index (χ2v) is 4.40. The zero-order valence-corrected chi connectivity index (χ0v) is 9.07. The summed E-state index contributed by atoms with van der Waals surface area (Å²) < 4.78 is 0. The molecular formula is C10H14ClNS. The van der Waals surface area contributed by atoms with Crippen molar-refractivity contribution in [2.45, 2.75) is 17.7 Å². The van der Waals surface area contributed by atoms with Gasteiger partial charge in [0.1, 0.15) is 0 Å². The number of benzene rings is 1. The number of unbranched alkanes of at least 4 members (excludes halogenated alkanes) is 1. The van der Waals surface area contributed by atoms with Gasteiger partial charge in [0.25, 0.3) is 0 Å². The van der Waals surface area contributed by atoms with E-state index in [0.29, 0.717) is 0 Å². The Kier molecular flexibility index (Phi) is 5.28. The molecule has 1 nitrogen and oxygen atoms in total. The summed E-state index contributed by atoms with van der Waals surface area (Å²) in [6.07, 6.45) is 2.30. The van der Waals surface area contributed by atoms with Crippen molar-refractivity contribution in [2.75, 3.05) is 12.3 Å². The summed E-state index contributed by atoms with van der Waals surface area (Å²) in [7, 11) is 0. The number of hydrogen-bond donors (Lipinski definition) is 1. The number of nitrogens with two attached hydrogens (primary N) is 1. The quantitative estimate of drug-likeness (QED) is 0.603. The second kappa shape index (κ2) is 6.30. The first-order valence-corrected chi connectivity index (χ1v) is 5.77. The summed E-state index contributed by atoms with van der Waals surface area (Å²) >= 11 is 7.62. The molecule has 0 unspecified atom stereocenters. The van der Waals surface area contributed by atoms with Crippen molar-refractivity contribution < 1.29 is 0 Å². The van der Waals surface area contributed by atoms with Crippen molar-refractivity contribution in [1.29, 1.82) is 0 Å². The monoisotopic (exact) mass is 215 g/mol. The Balaban J connectivity index is 2.25. The first-order valence-electron chi connectivity index (χ1n) is 4.41. The van der Waals surface area contributed by atoms with E-state index in [2.05, 4.69) is 12.1 Å². The average Bonchev–Trinajstić information content (AvgIpc) is 2.15. The van der Waals surface area contributed by atoms with E-state index in [0.717, 1.165) is 23.7 Å². The highest BCUT2D eigenvalue weighted by Gasteiger charge is 1.93. The van der Waals surface area contributed by atoms with Gasteiger partial charge in [-0.15, -0.1) is 11.8 Å². The molecule has 0 saturated heterocycles. The van der Waals surface area contributed by atoms with Gasteiger partial charge in [0, 0.05) is 9.92 Å². The Bertz CT molecular complexity index is 235. The molecule has 72 valence electrons. The van der Waals surface area contributed by atoms with Crippen molar-refractivity contribution in [2.24, 2.45) is 5.73 Å². The van der Waals surface area contributed by atoms with Gasteiger partial charge in [0.05, 0.1) is 0 Å². The van der Waals surface area contributed by atoms with Crippen LogP contribution in [0.3, 0.4) is 0 Å². The van der Waals surface area contributed by atoms with E-state index in [1.54, 1.807) is 0 Å². The van der Waals surface area contributed by atoms with Crippen LogP contribution in [0.5, 0.6) is 0 Å². The summed E-state index contributed by atoms with van der Waals surface area (Å²) in [6.45, 7) is 0.793. The minimum Gasteiger partial charge on any atom is -0.330 e. The van der Waals surface area contributed by atoms with Gasteiger partial charge in [0.15, 0.2) is 0 Å². The maximum Gasteiger partial charge on any atom is 0.0406 e. The summed E-state index contributed by atoms with van der Waals surface area (Å²) in [5, 5.41) is 0.798. The molecule has 0 fully saturated rings. The molecule has 0 saturated carbocycles. The summed E-state index contributed by atoms with van der Waals surface area (Å²) in [4.78, 5) is 1.28. The minimum absolute atomic E-state index is 0.793. The second-order valence-electron chi connectivity index (χ2n) is 2.80. The molecule has 0 amide bonds. The number of rotatable bonds is 5. The topological polar surface area (TPSA) is 26.0 Å². The molecule has 0 radical (unpaired) electrons. The molecular weight excluding hydrogens is 202 g/mol. The summed E-state index contributed by atoms with van der Waals surface area (Å²) in [6, 6.07) is 7.95. The van der Waals surface area contributed by atoms with E-state index >= 15 is 0 Å². The third-order valence-electron chi connectivity index (χ3n) is 1.68. The molecule has 0 aliphatic rings. The van der Waals surface area contributed by atoms with Crippen LogP contribution in [0.1, 0.15) is 12.8 Å². The fourth-order valence-corrected chi connectivity index (χ4v) is 2.01. The smallest absolute Gasteiger partial charge is 0.0406 e. The van der Waals surface area contributed by atoms with E-state index in [1.807, 2.05) is 23.9 Å². The molecule has 0 bridgehead atoms. The predicted octanol–water partition coefficient (Wildman–Crippen LogP) is 3.17. The van der Waals surface area contributed by atoms with Crippen LogP contribution in [0, 0.1) is 0 Å². The first kappa shape index (κ1) is 10.9. The summed E-state index contributed by atoms with van der Waals surface area (Å²) in [5.74, 6) is 1.14. The van der Waals surface area contributed by atoms with E-state index in [1.165, 1.54) is 11.3 Å². The minimum atomic E-state index is 0.793. The molecule has 0 aliphatic heterocycles. The number of thioether (sulfide) groups is 1. The van der Waals surface area contributed by atoms with Gasteiger partial charge in [-0.2, -0.15) is 0 Å². The lowest BCUT2D eigenvalue weighted by Gasteiger charge is -2.00. The molecule has 13 heavy (non-hydrogen) atoms. The highest BCUT2D eigenvalue weighted by atomic mass is 35.5. The highest BCUT2D eigenvalue weighted by Crippen LogP contribution is 2.21. The van der Waals surface area contributed by atoms with Crippen molar-refractivity contribution in [3.8, 4) is 0 Å². The SMILES string of the molecule is NCCCCSc1ccc(Cl)cc1. The van der Waals surface area contributed by atoms with Crippen molar-refractivity contribution >= 4 is 23.4 Å². The van der Waals surface area contributed by atoms with Crippen LogP contribution in [0.25, 0.3) is 0 Å². The molecule has 1 aromatic rings. The summed E-state index contributed by atoms with van der Waals surface area (Å²) in [5.41, 5.74) is 5.40. The van der Waals surface area contributed by atoms with Crippen molar-refractivity contribution in [3.05, 3.63) is 29.3 Å². The van der Waals surface area contributed by atoms with Crippen molar-refractivity contribution in [3.63, 3.8) is 0 Å². The Morgan fingerprint density at radius 2 is 1.85 bits per heavy atom. The fourth-order valence-electron chi connectivity index (χ4n) is 0.967. The van der Waals surface area contributed by atoms with Crippen LogP contribution in [-0.2, 0) is 0 Å². The third kappa shape index (κ3) is 4.55. The molecule has 1 aromatic carbocycles. The van der Waals surface area contributed by atoms with Crippen LogP contribution < -0.4 is 5.73 Å². The molecule has 0 heterocycles. The van der Waals surface area contributed by atoms with Gasteiger partial charge in [0.2, 0.25) is 0 Å². The normalized spacial score (nSPS) is 10.3. The maximum atomic E-state index is 5.77. The van der Waals surface area contributed by atoms with Gasteiger partial charge in [-0.25, -0.2) is 0 Å². The fraction of sp³-hybridized carbons (Fsp3) is 0.400. The molecule has 0 spiro atoms. The molecule has 0 atom stereocenters. The van der Waals surface area contributed by atoms with E-state index in [9.17, 15) is 0 Å². The van der Waals surface area contributed by atoms with E-state index in [4.69, 9.17) is 17.3 Å². The first-order chi connectivity index (χ1) is 6.33. The number of halogens is 1. The lowest BCUT2D eigenvalue weighted by molar-refractivity contribution is 0.814. The standard InChI is InChI=1S/C10H14ClNS/c11-9-3-5-10(6-4-9)13-8-2-1-7-12/h3-6H,1-2,7-8,12H2. The van der Waals surface area contributed by atoms with Crippen LogP contribution in [0.2, 0.25) is 5.02 Å². The van der Waals surface area contributed by atoms with Gasteiger partial charge < -0.3 is 5.73 Å². The highest BCUT2D eigenvalue weighted by molar-refractivity contribution is 7.99. The predicted molar refractivity (Wildman–Crippen MR) is 60.5 cm³/mol. The number of hydrogen-bond acceptors (Lipinski definition) is 2. The van der Waals surface area contributed by atoms with Gasteiger partial charge >= 0.3 is 0 Å². The van der Waals surface area contributed by atoms with Crippen LogP contribution in [0.4, 0.5) is 0 Å². The Hall–Kier alpha value is -0.180. The average molecular weight is 216 g/mol. The van der Waals surface area contributed by atoms with Gasteiger partial charge in [-0.3, -0.25) is 0 Å². The zero-order valence-electron chi connectivity index (χ0n) is 7.50. The Morgan fingerprint density at radius 3 is 2.46 bits per heavy atom. The maximum absolute atomic E-state index is 5.77. The molecule has 0 aromatic heterocycles. The molecule has 1 rings (SSSR count). The van der Waals surface area contributed by atoms with E-state index < -0.39 is 0 Å². The lowest BCUT2D eigenvalue weighted by atomic mass is 10.3. The molecule has 2 N–H and O–H groups in total. The lowest BCUT2D eigenvalue weighted by Crippen LogP contribution is -1.98. The van der Waals surface area contributed by atoms with Crippen LogP contribution in [0.15, 0.2) is 29.2 Å². The van der Waals surface area contributed by atoms with Crippen LogP contribution in [-0.4, -0.2) is 12.3 Å². The Labute approximate surface area is 88.7 Å².